The quantitative estimate of drug-likeness (QED) is 0.171. The molecule has 1 aliphatic heterocycles. The van der Waals surface area contributed by atoms with E-state index in [1.54, 1.807) is 19.0 Å². The second kappa shape index (κ2) is 14.6. The maximum Gasteiger partial charge on any atom is 0.573 e. The van der Waals surface area contributed by atoms with Crippen molar-refractivity contribution in [2.75, 3.05) is 41.6 Å². The summed E-state index contributed by atoms with van der Waals surface area (Å²) in [5.41, 5.74) is -1.46. The van der Waals surface area contributed by atoms with Gasteiger partial charge < -0.3 is 19.7 Å². The van der Waals surface area contributed by atoms with Gasteiger partial charge in [0.05, 0.1) is 41.4 Å². The molecule has 21 heteroatoms. The van der Waals surface area contributed by atoms with Crippen LogP contribution in [0, 0.1) is 0 Å². The van der Waals surface area contributed by atoms with Gasteiger partial charge in [-0.1, -0.05) is 11.8 Å². The van der Waals surface area contributed by atoms with Gasteiger partial charge in [-0.15, -0.1) is 18.3 Å². The Morgan fingerprint density at radius 3 is 2.33 bits per heavy atom. The average Bonchev–Trinajstić information content (AvgIpc) is 3.67. The van der Waals surface area contributed by atoms with Crippen molar-refractivity contribution < 1.29 is 58.6 Å². The number of nitrogens with zero attached hydrogens (tertiary/aromatic N) is 6. The summed E-state index contributed by atoms with van der Waals surface area (Å²) in [6, 6.07) is 10.2. The van der Waals surface area contributed by atoms with Gasteiger partial charge in [0.1, 0.15) is 17.8 Å². The van der Waals surface area contributed by atoms with Crippen molar-refractivity contribution in [2.24, 2.45) is 4.99 Å². The number of alkyl halides is 9. The molecule has 0 radical (unpaired) electrons. The number of hydrogen-bond donors (Lipinski definition) is 1. The number of thioether (sulfide) groups is 1. The normalized spacial score (nSPS) is 14.6. The molecular weight excluding hydrogens is 737 g/mol. The maximum absolute atomic E-state index is 14.2. The van der Waals surface area contributed by atoms with E-state index in [4.69, 9.17) is 4.74 Å². The fraction of sp³-hybridized carbons (Fsp3) is 0.258. The lowest BCUT2D eigenvalue weighted by Crippen LogP contribution is -2.31. The van der Waals surface area contributed by atoms with E-state index in [9.17, 15) is 49.1 Å². The zero-order valence-corrected chi connectivity index (χ0v) is 27.4. The van der Waals surface area contributed by atoms with Crippen LogP contribution in [-0.2, 0) is 11.0 Å². The third-order valence-electron chi connectivity index (χ3n) is 6.96. The molecular formula is C31H24F9N7O4S. The highest BCUT2D eigenvalue weighted by Gasteiger charge is 2.36. The van der Waals surface area contributed by atoms with Crippen LogP contribution in [0.3, 0.4) is 0 Å². The lowest BCUT2D eigenvalue weighted by atomic mass is 10.1. The molecule has 0 bridgehead atoms. The van der Waals surface area contributed by atoms with Crippen LogP contribution in [0.5, 0.6) is 11.5 Å². The van der Waals surface area contributed by atoms with Crippen LogP contribution < -0.4 is 24.6 Å². The number of amides is 3. The van der Waals surface area contributed by atoms with Crippen molar-refractivity contribution in [3.05, 3.63) is 72.6 Å². The van der Waals surface area contributed by atoms with Crippen molar-refractivity contribution in [3.8, 4) is 28.6 Å². The molecule has 0 unspecified atom stereocenters. The molecule has 0 atom stereocenters. The highest BCUT2D eigenvalue weighted by Crippen LogP contribution is 2.39. The molecule has 0 spiro atoms. The summed E-state index contributed by atoms with van der Waals surface area (Å²) < 4.78 is 129. The molecule has 1 saturated heterocycles. The van der Waals surface area contributed by atoms with Crippen molar-refractivity contribution in [2.45, 2.75) is 25.1 Å². The third kappa shape index (κ3) is 9.44. The van der Waals surface area contributed by atoms with Gasteiger partial charge in [-0.25, -0.2) is 14.5 Å². The molecule has 1 fully saturated rings. The van der Waals surface area contributed by atoms with Crippen LogP contribution in [0.2, 0.25) is 0 Å². The van der Waals surface area contributed by atoms with Gasteiger partial charge in [-0.05, 0) is 60.7 Å². The Kier molecular flexibility index (Phi) is 10.6. The number of carbonyl (C=O) groups excluding carboxylic acids is 2. The second-order valence-corrected chi connectivity index (χ2v) is 11.9. The molecule has 4 aromatic rings. The van der Waals surface area contributed by atoms with Gasteiger partial charge in [-0.2, -0.15) is 31.3 Å². The number of benzene rings is 3. The van der Waals surface area contributed by atoms with E-state index in [0.29, 0.717) is 11.8 Å². The minimum Gasteiger partial charge on any atom is -0.491 e. The van der Waals surface area contributed by atoms with Gasteiger partial charge in [0.2, 0.25) is 5.91 Å². The van der Waals surface area contributed by atoms with Crippen molar-refractivity contribution in [1.29, 1.82) is 0 Å². The van der Waals surface area contributed by atoms with Crippen LogP contribution >= 0.6 is 11.8 Å². The third-order valence-corrected chi connectivity index (χ3v) is 7.88. The van der Waals surface area contributed by atoms with E-state index in [1.807, 2.05) is 0 Å². The number of carbonyl (C=O) groups is 2. The molecule has 2 heterocycles. The van der Waals surface area contributed by atoms with Crippen molar-refractivity contribution in [3.63, 3.8) is 0 Å². The molecule has 5 rings (SSSR count). The van der Waals surface area contributed by atoms with Gasteiger partial charge >= 0.3 is 24.7 Å². The number of anilines is 3. The Morgan fingerprint density at radius 2 is 1.69 bits per heavy atom. The highest BCUT2D eigenvalue weighted by molar-refractivity contribution is 8.15. The smallest absolute Gasteiger partial charge is 0.491 e. The predicted octanol–water partition coefficient (Wildman–Crippen LogP) is 7.92. The Balaban J connectivity index is 1.39. The van der Waals surface area contributed by atoms with Crippen LogP contribution in [-0.4, -0.2) is 70.9 Å². The first-order valence-electron chi connectivity index (χ1n) is 14.6. The van der Waals surface area contributed by atoms with Crippen molar-refractivity contribution in [1.82, 2.24) is 14.8 Å². The number of nitrogens with one attached hydrogen (secondary N) is 1. The van der Waals surface area contributed by atoms with E-state index in [0.717, 1.165) is 45.9 Å². The summed E-state index contributed by atoms with van der Waals surface area (Å²) in [7, 11) is 3.33. The predicted molar refractivity (Wildman–Crippen MR) is 172 cm³/mol. The number of urea groups is 1. The highest BCUT2D eigenvalue weighted by atomic mass is 32.2. The number of halogens is 9. The summed E-state index contributed by atoms with van der Waals surface area (Å²) >= 11 is 0.775. The fourth-order valence-electron chi connectivity index (χ4n) is 4.62. The van der Waals surface area contributed by atoms with Crippen LogP contribution in [0.15, 0.2) is 72.0 Å². The molecule has 1 aromatic heterocycles. The van der Waals surface area contributed by atoms with Crippen LogP contribution in [0.25, 0.3) is 17.1 Å². The average molecular weight is 762 g/mol. The Hall–Kier alpha value is -5.47. The molecule has 3 amide bonds. The fourth-order valence-corrected chi connectivity index (χ4v) is 5.47. The lowest BCUT2D eigenvalue weighted by molar-refractivity contribution is -0.274. The van der Waals surface area contributed by atoms with E-state index >= 15 is 0 Å². The molecule has 0 saturated carbocycles. The summed E-state index contributed by atoms with van der Waals surface area (Å²) in [4.78, 5) is 36.3. The standard InChI is InChI=1S/C31H24F9N7O4S/c1-45(2)19-6-10-24(50-12-11-29(32,33)34)23(14-19)47-25(48)15-52-28(47)43-27(49)42-22-9-3-17(13-21(22)30(35,36)37)26-41-16-46(44-26)18-4-7-20(8-5-18)51-31(38,39)40/h3-10,13-14,16H,11-12,15H2,1-2H3,(H,42,49)/b43-28-. The first-order valence-corrected chi connectivity index (χ1v) is 15.6. The molecule has 3 aromatic carbocycles. The zero-order valence-electron chi connectivity index (χ0n) is 26.6. The van der Waals surface area contributed by atoms with Gasteiger partial charge in [-0.3, -0.25) is 9.69 Å². The molecule has 276 valence electrons. The van der Waals surface area contributed by atoms with Gasteiger partial charge in [0.15, 0.2) is 11.0 Å². The van der Waals surface area contributed by atoms with Crippen LogP contribution in [0.4, 0.5) is 61.4 Å². The van der Waals surface area contributed by atoms with E-state index in [1.165, 1.54) is 36.4 Å². The van der Waals surface area contributed by atoms with E-state index < -0.39 is 60.7 Å². The Labute approximate surface area is 292 Å². The molecule has 1 aliphatic rings. The van der Waals surface area contributed by atoms with Gasteiger partial charge in [0, 0.05) is 25.3 Å². The Morgan fingerprint density at radius 1 is 0.981 bits per heavy atom. The van der Waals surface area contributed by atoms with E-state index in [-0.39, 0.29) is 39.4 Å². The number of rotatable bonds is 9. The van der Waals surface area contributed by atoms with E-state index in [2.05, 4.69) is 25.1 Å². The number of ether oxygens (including phenoxy) is 2. The summed E-state index contributed by atoms with van der Waals surface area (Å²) in [6.45, 7) is -0.778. The SMILES string of the molecule is CN(C)c1ccc(OCCC(F)(F)F)c(N2C(=O)CS/C2=N\C(=O)Nc2ccc(-c3ncn(-c4ccc(OC(F)(F)F)cc4)n3)cc2C(F)(F)F)c1. The topological polar surface area (TPSA) is 114 Å². The van der Waals surface area contributed by atoms with Crippen LogP contribution in [0.1, 0.15) is 12.0 Å². The monoisotopic (exact) mass is 761 g/mol. The maximum atomic E-state index is 14.2. The minimum atomic E-state index is -5.01. The lowest BCUT2D eigenvalue weighted by Gasteiger charge is -2.23. The first kappa shape index (κ1) is 37.8. The first-order chi connectivity index (χ1) is 24.3. The minimum absolute atomic E-state index is 0.0345. The molecule has 11 nitrogen and oxygen atoms in total. The number of hydrogen-bond acceptors (Lipinski definition) is 8. The zero-order chi connectivity index (χ0) is 38.0. The number of aliphatic imine (C=N–C) groups is 1. The Bertz CT molecular complexity index is 1980. The summed E-state index contributed by atoms with van der Waals surface area (Å²) in [5.74, 6) is -1.68. The van der Waals surface area contributed by atoms with Gasteiger partial charge in [0.25, 0.3) is 0 Å². The number of aromatic nitrogens is 3. The summed E-state index contributed by atoms with van der Waals surface area (Å²) in [6.07, 6.45) is -14.6. The molecule has 1 N–H and O–H groups in total. The molecule has 52 heavy (non-hydrogen) atoms. The second-order valence-electron chi connectivity index (χ2n) is 10.9. The summed E-state index contributed by atoms with van der Waals surface area (Å²) in [5, 5.41) is 5.88. The largest absolute Gasteiger partial charge is 0.573 e. The number of amidine groups is 1. The molecule has 0 aliphatic carbocycles. The van der Waals surface area contributed by atoms with Crippen molar-refractivity contribution >= 4 is 45.9 Å².